The van der Waals surface area contributed by atoms with Crippen molar-refractivity contribution in [2.24, 2.45) is 0 Å². The highest BCUT2D eigenvalue weighted by Crippen LogP contribution is 2.27. The second kappa shape index (κ2) is 7.02. The molecule has 7 heteroatoms. The van der Waals surface area contributed by atoms with Crippen LogP contribution in [0.5, 0.6) is 0 Å². The van der Waals surface area contributed by atoms with E-state index in [4.69, 9.17) is 4.74 Å². The van der Waals surface area contributed by atoms with E-state index in [1.54, 1.807) is 11.0 Å². The van der Waals surface area contributed by atoms with Gasteiger partial charge in [0.25, 0.3) is 0 Å². The highest BCUT2D eigenvalue weighted by Gasteiger charge is 2.24. The fourth-order valence-electron chi connectivity index (χ4n) is 2.75. The number of tetrazole rings is 1. The van der Waals surface area contributed by atoms with Crippen LogP contribution in [0.1, 0.15) is 37.3 Å². The summed E-state index contributed by atoms with van der Waals surface area (Å²) in [5.41, 5.74) is 0.986. The number of carbonyl (C=O) groups is 1. The van der Waals surface area contributed by atoms with Crippen molar-refractivity contribution in [2.75, 3.05) is 0 Å². The molecule has 0 atom stereocenters. The van der Waals surface area contributed by atoms with Gasteiger partial charge >= 0.3 is 6.09 Å². The summed E-state index contributed by atoms with van der Waals surface area (Å²) in [5, 5.41) is 14.2. The number of nitrogens with zero attached hydrogens (tertiary/aromatic N) is 4. The van der Waals surface area contributed by atoms with Crippen molar-refractivity contribution in [2.45, 2.75) is 44.4 Å². The van der Waals surface area contributed by atoms with Gasteiger partial charge in [0, 0.05) is 6.04 Å². The van der Waals surface area contributed by atoms with E-state index >= 15 is 0 Å². The molecule has 3 rings (SSSR count). The minimum Gasteiger partial charge on any atom is -0.445 e. The number of hydrogen-bond acceptors (Lipinski definition) is 5. The summed E-state index contributed by atoms with van der Waals surface area (Å²) in [6.07, 6.45) is 5.01. The van der Waals surface area contributed by atoms with Crippen LogP contribution in [0.4, 0.5) is 4.79 Å². The number of benzene rings is 1. The van der Waals surface area contributed by atoms with Crippen LogP contribution in [-0.4, -0.2) is 32.3 Å². The molecule has 0 aliphatic heterocycles. The average molecular weight is 301 g/mol. The molecule has 1 aromatic heterocycles. The van der Waals surface area contributed by atoms with E-state index < -0.39 is 0 Å². The maximum Gasteiger partial charge on any atom is 0.407 e. The van der Waals surface area contributed by atoms with Crippen molar-refractivity contribution in [3.8, 4) is 0 Å². The summed E-state index contributed by atoms with van der Waals surface area (Å²) in [6.45, 7) is 0.298. The van der Waals surface area contributed by atoms with E-state index in [1.165, 1.54) is 0 Å². The van der Waals surface area contributed by atoms with Gasteiger partial charge in [0.15, 0.2) is 0 Å². The third kappa shape index (κ3) is 3.81. The van der Waals surface area contributed by atoms with Gasteiger partial charge in [0.05, 0.1) is 6.04 Å². The number of alkyl carbamates (subject to hydrolysis) is 1. The summed E-state index contributed by atoms with van der Waals surface area (Å²) in [7, 11) is 0. The van der Waals surface area contributed by atoms with Gasteiger partial charge in [0.2, 0.25) is 0 Å². The lowest BCUT2D eigenvalue weighted by molar-refractivity contribution is 0.131. The number of carbonyl (C=O) groups excluding carboxylic acids is 1. The third-order valence-corrected chi connectivity index (χ3v) is 3.97. The molecule has 1 aliphatic carbocycles. The van der Waals surface area contributed by atoms with Gasteiger partial charge < -0.3 is 10.1 Å². The second-order valence-corrected chi connectivity index (χ2v) is 5.50. The fourth-order valence-corrected chi connectivity index (χ4v) is 2.75. The number of aromatic nitrogens is 4. The molecule has 0 bridgehead atoms. The van der Waals surface area contributed by atoms with Gasteiger partial charge in [-0.1, -0.05) is 30.3 Å². The number of amides is 1. The molecule has 1 saturated carbocycles. The minimum absolute atomic E-state index is 0.163. The van der Waals surface area contributed by atoms with Gasteiger partial charge in [-0.05, 0) is 41.7 Å². The summed E-state index contributed by atoms with van der Waals surface area (Å²) in [4.78, 5) is 11.8. The SMILES string of the molecule is O=C(N[C@H]1CC[C@H](n2cnnn2)CC1)OCc1ccccc1. The van der Waals surface area contributed by atoms with E-state index in [1.807, 2.05) is 30.3 Å². The molecule has 0 saturated heterocycles. The van der Waals surface area contributed by atoms with Crippen molar-refractivity contribution in [1.29, 1.82) is 0 Å². The summed E-state index contributed by atoms with van der Waals surface area (Å²) >= 11 is 0. The molecule has 1 heterocycles. The Morgan fingerprint density at radius 1 is 1.23 bits per heavy atom. The first-order chi connectivity index (χ1) is 10.8. The predicted molar refractivity (Wildman–Crippen MR) is 78.9 cm³/mol. The Bertz CT molecular complexity index is 579. The molecule has 1 aromatic carbocycles. The standard InChI is InChI=1S/C15H19N5O2/c21-15(22-10-12-4-2-1-3-5-12)17-13-6-8-14(9-7-13)20-11-16-18-19-20/h1-5,11,13-14H,6-10H2,(H,17,21)/t13-,14-. The number of ether oxygens (including phenoxy) is 1. The predicted octanol–water partition coefficient (Wildman–Crippen LogP) is 2.08. The summed E-state index contributed by atoms with van der Waals surface area (Å²) < 4.78 is 7.04. The van der Waals surface area contributed by atoms with E-state index in [-0.39, 0.29) is 12.1 Å². The Morgan fingerprint density at radius 3 is 2.68 bits per heavy atom. The van der Waals surface area contributed by atoms with Gasteiger partial charge in [0.1, 0.15) is 12.9 Å². The Morgan fingerprint density at radius 2 is 2.00 bits per heavy atom. The number of hydrogen-bond donors (Lipinski definition) is 1. The van der Waals surface area contributed by atoms with Crippen molar-refractivity contribution in [3.05, 3.63) is 42.2 Å². The van der Waals surface area contributed by atoms with Crippen molar-refractivity contribution in [3.63, 3.8) is 0 Å². The maximum atomic E-state index is 11.8. The Balaban J connectivity index is 1.40. The molecular formula is C15H19N5O2. The molecule has 22 heavy (non-hydrogen) atoms. The molecule has 1 N–H and O–H groups in total. The normalized spacial score (nSPS) is 21.3. The topological polar surface area (TPSA) is 81.9 Å². The van der Waals surface area contributed by atoms with Crippen LogP contribution in [0.25, 0.3) is 0 Å². The largest absolute Gasteiger partial charge is 0.445 e. The summed E-state index contributed by atoms with van der Waals surface area (Å²) in [5.74, 6) is 0. The lowest BCUT2D eigenvalue weighted by Gasteiger charge is -2.28. The number of nitrogens with one attached hydrogen (secondary N) is 1. The molecule has 1 fully saturated rings. The monoisotopic (exact) mass is 301 g/mol. The van der Waals surface area contributed by atoms with E-state index in [0.717, 1.165) is 31.2 Å². The molecule has 1 amide bonds. The van der Waals surface area contributed by atoms with Crippen LogP contribution in [0, 0.1) is 0 Å². The fraction of sp³-hybridized carbons (Fsp3) is 0.467. The zero-order valence-corrected chi connectivity index (χ0v) is 12.3. The Labute approximate surface area is 128 Å². The molecule has 2 aromatic rings. The van der Waals surface area contributed by atoms with Crippen molar-refractivity contribution in [1.82, 2.24) is 25.5 Å². The highest BCUT2D eigenvalue weighted by atomic mass is 16.5. The molecule has 7 nitrogen and oxygen atoms in total. The van der Waals surface area contributed by atoms with Crippen LogP contribution in [0.2, 0.25) is 0 Å². The van der Waals surface area contributed by atoms with Crippen molar-refractivity contribution < 1.29 is 9.53 Å². The van der Waals surface area contributed by atoms with Gasteiger partial charge in [-0.25, -0.2) is 9.48 Å². The molecule has 0 radical (unpaired) electrons. The highest BCUT2D eigenvalue weighted by molar-refractivity contribution is 5.67. The Kier molecular flexibility index (Phi) is 4.62. The van der Waals surface area contributed by atoms with E-state index in [2.05, 4.69) is 20.8 Å². The zero-order chi connectivity index (χ0) is 15.2. The van der Waals surface area contributed by atoms with Crippen molar-refractivity contribution >= 4 is 6.09 Å². The lowest BCUT2D eigenvalue weighted by atomic mass is 9.91. The summed E-state index contributed by atoms with van der Waals surface area (Å²) in [6, 6.07) is 10.2. The van der Waals surface area contributed by atoms with E-state index in [0.29, 0.717) is 12.6 Å². The Hall–Kier alpha value is -2.44. The lowest BCUT2D eigenvalue weighted by Crippen LogP contribution is -2.38. The zero-order valence-electron chi connectivity index (χ0n) is 12.3. The second-order valence-electron chi connectivity index (χ2n) is 5.50. The van der Waals surface area contributed by atoms with Crippen LogP contribution in [0.15, 0.2) is 36.7 Å². The first-order valence-electron chi connectivity index (χ1n) is 7.51. The van der Waals surface area contributed by atoms with Crippen LogP contribution in [0.3, 0.4) is 0 Å². The number of rotatable bonds is 4. The molecular weight excluding hydrogens is 282 g/mol. The first-order valence-corrected chi connectivity index (χ1v) is 7.51. The molecule has 1 aliphatic rings. The first kappa shape index (κ1) is 14.5. The van der Waals surface area contributed by atoms with Gasteiger partial charge in [-0.15, -0.1) is 5.10 Å². The molecule has 0 spiro atoms. The van der Waals surface area contributed by atoms with Crippen LogP contribution in [-0.2, 0) is 11.3 Å². The minimum atomic E-state index is -0.352. The maximum absolute atomic E-state index is 11.8. The average Bonchev–Trinajstić information content (AvgIpc) is 3.09. The van der Waals surface area contributed by atoms with Crippen LogP contribution < -0.4 is 5.32 Å². The van der Waals surface area contributed by atoms with Crippen LogP contribution >= 0.6 is 0 Å². The molecule has 116 valence electrons. The quantitative estimate of drug-likeness (QED) is 0.935. The molecule has 0 unspecified atom stereocenters. The van der Waals surface area contributed by atoms with Gasteiger partial charge in [-0.3, -0.25) is 0 Å². The van der Waals surface area contributed by atoms with E-state index in [9.17, 15) is 4.79 Å². The van der Waals surface area contributed by atoms with Gasteiger partial charge in [-0.2, -0.15) is 0 Å². The smallest absolute Gasteiger partial charge is 0.407 e. The third-order valence-electron chi connectivity index (χ3n) is 3.97.